The maximum absolute atomic E-state index is 12.6. The highest BCUT2D eigenvalue weighted by atomic mass is 32.2. The molecule has 32 heavy (non-hydrogen) atoms. The number of hydrogen-bond donors (Lipinski definition) is 2. The predicted octanol–water partition coefficient (Wildman–Crippen LogP) is 3.79. The Morgan fingerprint density at radius 3 is 2.53 bits per heavy atom. The maximum atomic E-state index is 12.6. The van der Waals surface area contributed by atoms with Crippen LogP contribution in [0.1, 0.15) is 19.0 Å². The Labute approximate surface area is 189 Å². The lowest BCUT2D eigenvalue weighted by atomic mass is 10.0. The first-order chi connectivity index (χ1) is 15.5. The smallest absolute Gasteiger partial charge is 0.165 e. The molecule has 0 fully saturated rings. The zero-order valence-corrected chi connectivity index (χ0v) is 19.2. The summed E-state index contributed by atoms with van der Waals surface area (Å²) in [6.45, 7) is 6.29. The summed E-state index contributed by atoms with van der Waals surface area (Å²) < 4.78 is 14.1. The van der Waals surface area contributed by atoms with Gasteiger partial charge in [-0.05, 0) is 25.1 Å². The molecule has 0 aliphatic rings. The molecule has 3 aromatic heterocycles. The standard InChI is InChI=1S/C24H26N6OS/c1-5-19(26-3)15(2)21-22(32(4)31)23(25)30-24(29-21)18(14-28-30)17-11-12-20(27-13-17)16-9-7-6-8-10-16/h6-14,19,26H,2,5,25H2,1,3-4H3/t19-,32?/m1/s1. The van der Waals surface area contributed by atoms with Crippen LogP contribution in [0.2, 0.25) is 0 Å². The van der Waals surface area contributed by atoms with Gasteiger partial charge < -0.3 is 11.1 Å². The fourth-order valence-electron chi connectivity index (χ4n) is 3.83. The van der Waals surface area contributed by atoms with Gasteiger partial charge in [0, 0.05) is 35.2 Å². The summed E-state index contributed by atoms with van der Waals surface area (Å²) in [7, 11) is 0.511. The highest BCUT2D eigenvalue weighted by molar-refractivity contribution is 7.84. The fourth-order valence-corrected chi connectivity index (χ4v) is 4.66. The summed E-state index contributed by atoms with van der Waals surface area (Å²) in [5.74, 6) is 0.304. The van der Waals surface area contributed by atoms with Crippen LogP contribution in [0.3, 0.4) is 0 Å². The van der Waals surface area contributed by atoms with Gasteiger partial charge in [0.1, 0.15) is 10.7 Å². The zero-order chi connectivity index (χ0) is 22.8. The number of nitrogens with one attached hydrogen (secondary N) is 1. The van der Waals surface area contributed by atoms with Crippen molar-refractivity contribution in [3.8, 4) is 22.4 Å². The number of hydrogen-bond acceptors (Lipinski definition) is 6. The number of rotatable bonds is 7. The molecule has 0 aliphatic heterocycles. The quantitative estimate of drug-likeness (QED) is 0.448. The van der Waals surface area contributed by atoms with Crippen molar-refractivity contribution in [2.24, 2.45) is 0 Å². The van der Waals surface area contributed by atoms with Gasteiger partial charge in [-0.1, -0.05) is 49.9 Å². The molecule has 164 valence electrons. The van der Waals surface area contributed by atoms with E-state index in [1.807, 2.05) is 49.5 Å². The van der Waals surface area contributed by atoms with Crippen molar-refractivity contribution in [3.05, 3.63) is 67.1 Å². The molecular formula is C24H26N6OS. The number of benzene rings is 1. The summed E-state index contributed by atoms with van der Waals surface area (Å²) in [4.78, 5) is 9.92. The Morgan fingerprint density at radius 2 is 1.94 bits per heavy atom. The minimum atomic E-state index is -1.36. The van der Waals surface area contributed by atoms with Crippen LogP contribution in [0.4, 0.5) is 5.82 Å². The molecule has 2 atom stereocenters. The molecule has 8 heteroatoms. The number of nitrogens with zero attached hydrogens (tertiary/aromatic N) is 4. The summed E-state index contributed by atoms with van der Waals surface area (Å²) >= 11 is 0. The van der Waals surface area contributed by atoms with E-state index in [9.17, 15) is 4.21 Å². The van der Waals surface area contributed by atoms with Crippen molar-refractivity contribution in [1.82, 2.24) is 24.9 Å². The van der Waals surface area contributed by atoms with E-state index in [1.54, 1.807) is 18.6 Å². The lowest BCUT2D eigenvalue weighted by Gasteiger charge is -2.20. The second-order valence-corrected chi connectivity index (χ2v) is 8.81. The minimum absolute atomic E-state index is 0.00940. The molecule has 4 rings (SSSR count). The number of aromatic nitrogens is 4. The molecular weight excluding hydrogens is 420 g/mol. The van der Waals surface area contributed by atoms with Crippen LogP contribution in [-0.4, -0.2) is 43.1 Å². The fraction of sp³-hybridized carbons (Fsp3) is 0.208. The molecule has 7 nitrogen and oxygen atoms in total. The van der Waals surface area contributed by atoms with Crippen molar-refractivity contribution >= 4 is 27.8 Å². The van der Waals surface area contributed by atoms with Gasteiger partial charge in [0.25, 0.3) is 0 Å². The number of pyridine rings is 1. The third-order valence-corrected chi connectivity index (χ3v) is 6.53. The molecule has 0 spiro atoms. The van der Waals surface area contributed by atoms with Crippen LogP contribution >= 0.6 is 0 Å². The first-order valence-electron chi connectivity index (χ1n) is 10.3. The average Bonchev–Trinajstić information content (AvgIpc) is 3.24. The van der Waals surface area contributed by atoms with Crippen molar-refractivity contribution in [1.29, 1.82) is 0 Å². The second kappa shape index (κ2) is 9.02. The van der Waals surface area contributed by atoms with Crippen molar-refractivity contribution in [3.63, 3.8) is 0 Å². The molecule has 3 heterocycles. The first kappa shape index (κ1) is 21.9. The van der Waals surface area contributed by atoms with E-state index in [0.717, 1.165) is 34.4 Å². The summed E-state index contributed by atoms with van der Waals surface area (Å²) in [5, 5.41) is 7.66. The van der Waals surface area contributed by atoms with E-state index in [2.05, 4.69) is 28.9 Å². The molecule has 0 amide bonds. The predicted molar refractivity (Wildman–Crippen MR) is 131 cm³/mol. The number of nitrogens with two attached hydrogens (primary N) is 1. The molecule has 0 saturated carbocycles. The van der Waals surface area contributed by atoms with E-state index < -0.39 is 10.8 Å². The lowest BCUT2D eigenvalue weighted by molar-refractivity contribution is 0.658. The van der Waals surface area contributed by atoms with E-state index >= 15 is 0 Å². The van der Waals surface area contributed by atoms with Gasteiger partial charge in [-0.3, -0.25) is 9.19 Å². The summed E-state index contributed by atoms with van der Waals surface area (Å²) in [6.07, 6.45) is 5.92. The molecule has 0 radical (unpaired) electrons. The van der Waals surface area contributed by atoms with Gasteiger partial charge in [0.2, 0.25) is 0 Å². The highest BCUT2D eigenvalue weighted by Crippen LogP contribution is 2.32. The third kappa shape index (κ3) is 3.83. The Balaban J connectivity index is 1.85. The number of fused-ring (bicyclic) bond motifs is 1. The number of nitrogen functional groups attached to an aromatic ring is 1. The van der Waals surface area contributed by atoms with Crippen molar-refractivity contribution in [2.75, 3.05) is 19.0 Å². The van der Waals surface area contributed by atoms with Crippen LogP contribution < -0.4 is 11.1 Å². The van der Waals surface area contributed by atoms with Crippen molar-refractivity contribution in [2.45, 2.75) is 24.3 Å². The normalized spacial score (nSPS) is 13.2. The number of likely N-dealkylation sites (N-methyl/N-ethyl adjacent to an activating group) is 1. The molecule has 1 aromatic carbocycles. The van der Waals surface area contributed by atoms with Crippen LogP contribution in [-0.2, 0) is 10.8 Å². The van der Waals surface area contributed by atoms with Gasteiger partial charge in [-0.15, -0.1) is 0 Å². The monoisotopic (exact) mass is 446 g/mol. The average molecular weight is 447 g/mol. The maximum Gasteiger partial charge on any atom is 0.165 e. The highest BCUT2D eigenvalue weighted by Gasteiger charge is 2.24. The van der Waals surface area contributed by atoms with E-state index in [0.29, 0.717) is 22.1 Å². The molecule has 0 bridgehead atoms. The Kier molecular flexibility index (Phi) is 6.16. The molecule has 1 unspecified atom stereocenters. The van der Waals surface area contributed by atoms with E-state index in [1.165, 1.54) is 4.52 Å². The van der Waals surface area contributed by atoms with Crippen LogP contribution in [0, 0.1) is 0 Å². The zero-order valence-electron chi connectivity index (χ0n) is 18.4. The molecule has 4 aromatic rings. The Morgan fingerprint density at radius 1 is 1.19 bits per heavy atom. The first-order valence-corrected chi connectivity index (χ1v) is 11.9. The van der Waals surface area contributed by atoms with Gasteiger partial charge in [0.05, 0.1) is 28.4 Å². The SMILES string of the molecule is C=C(c1nc2c(-c3ccc(-c4ccccc4)nc3)cnn2c(N)c1S(C)=O)[C@@H](CC)NC. The molecule has 0 saturated heterocycles. The minimum Gasteiger partial charge on any atom is -0.383 e. The summed E-state index contributed by atoms with van der Waals surface area (Å²) in [5.41, 5.74) is 11.9. The summed E-state index contributed by atoms with van der Waals surface area (Å²) in [6, 6.07) is 14.0. The lowest BCUT2D eigenvalue weighted by Crippen LogP contribution is -2.26. The van der Waals surface area contributed by atoms with Gasteiger partial charge in [0.15, 0.2) is 5.65 Å². The third-order valence-electron chi connectivity index (χ3n) is 5.55. The van der Waals surface area contributed by atoms with E-state index in [-0.39, 0.29) is 6.04 Å². The largest absolute Gasteiger partial charge is 0.383 e. The van der Waals surface area contributed by atoms with Gasteiger partial charge in [-0.25, -0.2) is 4.98 Å². The Hall–Kier alpha value is -3.36. The van der Waals surface area contributed by atoms with Gasteiger partial charge >= 0.3 is 0 Å². The van der Waals surface area contributed by atoms with Crippen LogP contribution in [0.5, 0.6) is 0 Å². The molecule has 0 aliphatic carbocycles. The number of anilines is 1. The van der Waals surface area contributed by atoms with E-state index in [4.69, 9.17) is 10.7 Å². The van der Waals surface area contributed by atoms with Crippen molar-refractivity contribution < 1.29 is 4.21 Å². The van der Waals surface area contributed by atoms with Crippen LogP contribution in [0.25, 0.3) is 33.6 Å². The topological polar surface area (TPSA) is 98.2 Å². The Bertz CT molecular complexity index is 1290. The van der Waals surface area contributed by atoms with Crippen LogP contribution in [0.15, 0.2) is 66.3 Å². The van der Waals surface area contributed by atoms with Gasteiger partial charge in [-0.2, -0.15) is 9.61 Å². The molecule has 3 N–H and O–H groups in total. The second-order valence-electron chi connectivity index (χ2n) is 7.50.